The average Bonchev–Trinajstić information content (AvgIpc) is 3.12. The van der Waals surface area contributed by atoms with Crippen LogP contribution in [0.4, 0.5) is 5.82 Å². The summed E-state index contributed by atoms with van der Waals surface area (Å²) in [4.78, 5) is 37.5. The Labute approximate surface area is 204 Å². The highest BCUT2D eigenvalue weighted by molar-refractivity contribution is 7.13. The van der Waals surface area contributed by atoms with Crippen LogP contribution in [0.15, 0.2) is 29.9 Å². The van der Waals surface area contributed by atoms with E-state index in [-0.39, 0.29) is 30.1 Å². The summed E-state index contributed by atoms with van der Waals surface area (Å²) in [5, 5.41) is 3.39. The molecule has 0 spiro atoms. The first-order chi connectivity index (χ1) is 15.9. The molecule has 1 aromatic carbocycles. The van der Waals surface area contributed by atoms with E-state index in [0.29, 0.717) is 41.1 Å². The lowest BCUT2D eigenvalue weighted by atomic mass is 10.1. The van der Waals surface area contributed by atoms with E-state index < -0.39 is 6.04 Å². The number of hydrogen-bond donors (Lipinski definition) is 1. The molecule has 12 heteroatoms. The van der Waals surface area contributed by atoms with Crippen LogP contribution in [0.5, 0.6) is 5.06 Å². The highest BCUT2D eigenvalue weighted by atomic mass is 35.5. The van der Waals surface area contributed by atoms with Crippen LogP contribution in [0, 0.1) is 0 Å². The lowest BCUT2D eigenvalue weighted by molar-refractivity contribution is -0.155. The molecule has 1 fully saturated rings. The summed E-state index contributed by atoms with van der Waals surface area (Å²) in [5.74, 6) is -0.122. The number of halogens is 2. The number of carbonyl (C=O) groups excluding carboxylic acids is 2. The van der Waals surface area contributed by atoms with E-state index in [1.54, 1.807) is 10.3 Å². The van der Waals surface area contributed by atoms with Crippen LogP contribution >= 0.6 is 34.5 Å². The van der Waals surface area contributed by atoms with Gasteiger partial charge >= 0.3 is 0 Å². The van der Waals surface area contributed by atoms with Gasteiger partial charge in [0.25, 0.3) is 5.91 Å². The summed E-state index contributed by atoms with van der Waals surface area (Å²) in [7, 11) is 1.49. The number of carbonyl (C=O) groups is 2. The zero-order valence-corrected chi connectivity index (χ0v) is 20.0. The van der Waals surface area contributed by atoms with Crippen LogP contribution in [0.1, 0.15) is 5.56 Å². The standard InChI is InChI=1S/C21H21Cl2N5O4S/c1-31-8-16-20(30)27(7-12-2-3-13-15(6-12)25-11-26-19(13)24)4-5-28(16)17(29)9-32-21-18(23)14(22)10-33-21/h2-3,6,10-11,16H,4-5,7-9H2,1H3,(H2,24,25,26). The Kier molecular flexibility index (Phi) is 7.18. The second kappa shape index (κ2) is 10.1. The second-order valence-electron chi connectivity index (χ2n) is 7.40. The molecule has 1 aliphatic heterocycles. The number of piperazine rings is 1. The first kappa shape index (κ1) is 23.5. The van der Waals surface area contributed by atoms with Gasteiger partial charge in [0.05, 0.1) is 17.1 Å². The number of fused-ring (bicyclic) bond motifs is 1. The fraction of sp³-hybridized carbons (Fsp3) is 0.333. The molecule has 174 valence electrons. The maximum Gasteiger partial charge on any atom is 0.261 e. The number of anilines is 1. The zero-order chi connectivity index (χ0) is 23.5. The number of methoxy groups -OCH3 is 1. The van der Waals surface area contributed by atoms with Gasteiger partial charge in [-0.2, -0.15) is 0 Å². The van der Waals surface area contributed by atoms with Crippen molar-refractivity contribution < 1.29 is 19.1 Å². The van der Waals surface area contributed by atoms with Crippen molar-refractivity contribution in [1.29, 1.82) is 0 Å². The maximum atomic E-state index is 13.2. The van der Waals surface area contributed by atoms with Gasteiger partial charge in [0, 0.05) is 37.5 Å². The van der Waals surface area contributed by atoms with Crippen molar-refractivity contribution in [2.24, 2.45) is 0 Å². The fourth-order valence-corrected chi connectivity index (χ4v) is 4.92. The summed E-state index contributed by atoms with van der Waals surface area (Å²) < 4.78 is 10.8. The van der Waals surface area contributed by atoms with Crippen LogP contribution in [0.25, 0.3) is 10.9 Å². The lowest BCUT2D eigenvalue weighted by Gasteiger charge is -2.40. The number of hydrogen-bond acceptors (Lipinski definition) is 8. The smallest absolute Gasteiger partial charge is 0.261 e. The van der Waals surface area contributed by atoms with E-state index >= 15 is 0 Å². The van der Waals surface area contributed by atoms with E-state index in [4.69, 9.17) is 38.4 Å². The number of nitrogens with zero attached hydrogens (tertiary/aromatic N) is 4. The Bertz CT molecular complexity index is 1190. The molecule has 3 aromatic rings. The highest BCUT2D eigenvalue weighted by Crippen LogP contribution is 2.38. The van der Waals surface area contributed by atoms with E-state index in [0.717, 1.165) is 10.9 Å². The molecule has 0 radical (unpaired) electrons. The minimum Gasteiger partial charge on any atom is -0.473 e. The minimum atomic E-state index is -0.749. The molecule has 1 atom stereocenters. The molecule has 1 aliphatic rings. The topological polar surface area (TPSA) is 111 Å². The quantitative estimate of drug-likeness (QED) is 0.521. The predicted octanol–water partition coefficient (Wildman–Crippen LogP) is 2.85. The molecule has 0 bridgehead atoms. The van der Waals surface area contributed by atoms with Gasteiger partial charge in [0.1, 0.15) is 23.2 Å². The number of aromatic nitrogens is 2. The van der Waals surface area contributed by atoms with E-state index in [1.165, 1.54) is 29.7 Å². The molecule has 9 nitrogen and oxygen atoms in total. The van der Waals surface area contributed by atoms with Crippen LogP contribution in [-0.4, -0.2) is 71.0 Å². The summed E-state index contributed by atoms with van der Waals surface area (Å²) >= 11 is 13.2. The zero-order valence-electron chi connectivity index (χ0n) is 17.7. The molecule has 2 aromatic heterocycles. The monoisotopic (exact) mass is 509 g/mol. The number of thiophene rings is 1. The normalized spacial score (nSPS) is 16.5. The third-order valence-electron chi connectivity index (χ3n) is 5.32. The molecule has 33 heavy (non-hydrogen) atoms. The Morgan fingerprint density at radius 2 is 2.12 bits per heavy atom. The van der Waals surface area contributed by atoms with E-state index in [1.807, 2.05) is 18.2 Å². The van der Waals surface area contributed by atoms with Gasteiger partial charge in [-0.1, -0.05) is 29.3 Å². The Balaban J connectivity index is 1.44. The lowest BCUT2D eigenvalue weighted by Crippen LogP contribution is -2.60. The molecule has 2 N–H and O–H groups in total. The second-order valence-corrected chi connectivity index (χ2v) is 9.03. The third kappa shape index (κ3) is 4.98. The van der Waals surface area contributed by atoms with Gasteiger partial charge in [-0.15, -0.1) is 11.3 Å². The number of benzene rings is 1. The van der Waals surface area contributed by atoms with Gasteiger partial charge < -0.3 is 25.0 Å². The van der Waals surface area contributed by atoms with Gasteiger partial charge in [-0.25, -0.2) is 9.97 Å². The van der Waals surface area contributed by atoms with Gasteiger partial charge in [-0.05, 0) is 17.7 Å². The summed E-state index contributed by atoms with van der Waals surface area (Å²) in [6.45, 7) is 0.925. The molecular weight excluding hydrogens is 489 g/mol. The first-order valence-corrected chi connectivity index (χ1v) is 11.6. The Morgan fingerprint density at radius 3 is 2.85 bits per heavy atom. The van der Waals surface area contributed by atoms with Gasteiger partial charge in [0.15, 0.2) is 11.7 Å². The van der Waals surface area contributed by atoms with Crippen LogP contribution < -0.4 is 10.5 Å². The summed E-state index contributed by atoms with van der Waals surface area (Å²) in [5.41, 5.74) is 7.50. The SMILES string of the molecule is COCC1C(=O)N(Cc2ccc3c(N)ncnc3c2)CCN1C(=O)COc1scc(Cl)c1Cl. The number of rotatable bonds is 7. The van der Waals surface area contributed by atoms with Crippen molar-refractivity contribution in [3.63, 3.8) is 0 Å². The minimum absolute atomic E-state index is 0.0775. The number of nitrogen functional groups attached to an aromatic ring is 1. The molecule has 2 amide bonds. The number of nitrogens with two attached hydrogens (primary N) is 1. The van der Waals surface area contributed by atoms with Crippen molar-refractivity contribution in [2.75, 3.05) is 39.1 Å². The van der Waals surface area contributed by atoms with Gasteiger partial charge in [-0.3, -0.25) is 9.59 Å². The van der Waals surface area contributed by atoms with Crippen molar-refractivity contribution in [3.05, 3.63) is 45.5 Å². The van der Waals surface area contributed by atoms with Crippen LogP contribution in [0.3, 0.4) is 0 Å². The molecule has 0 aliphatic carbocycles. The predicted molar refractivity (Wildman–Crippen MR) is 127 cm³/mol. The molecule has 1 unspecified atom stereocenters. The van der Waals surface area contributed by atoms with Gasteiger partial charge in [0.2, 0.25) is 5.91 Å². The van der Waals surface area contributed by atoms with Crippen LogP contribution in [-0.2, 0) is 20.9 Å². The molecule has 3 heterocycles. The van der Waals surface area contributed by atoms with Crippen molar-refractivity contribution in [3.8, 4) is 5.06 Å². The Morgan fingerprint density at radius 1 is 1.30 bits per heavy atom. The van der Waals surface area contributed by atoms with E-state index in [9.17, 15) is 9.59 Å². The molecule has 0 saturated carbocycles. The van der Waals surface area contributed by atoms with Crippen molar-refractivity contribution in [1.82, 2.24) is 19.8 Å². The number of amides is 2. The number of ether oxygens (including phenoxy) is 2. The van der Waals surface area contributed by atoms with E-state index in [2.05, 4.69) is 9.97 Å². The highest BCUT2D eigenvalue weighted by Gasteiger charge is 2.37. The fourth-order valence-electron chi connectivity index (χ4n) is 3.67. The third-order valence-corrected chi connectivity index (χ3v) is 7.22. The maximum absolute atomic E-state index is 13.2. The molecule has 4 rings (SSSR count). The van der Waals surface area contributed by atoms with Crippen molar-refractivity contribution in [2.45, 2.75) is 12.6 Å². The summed E-state index contributed by atoms with van der Waals surface area (Å²) in [6, 6.07) is 4.87. The van der Waals surface area contributed by atoms with Crippen LogP contribution in [0.2, 0.25) is 10.0 Å². The summed E-state index contributed by atoms with van der Waals surface area (Å²) in [6.07, 6.45) is 1.41. The van der Waals surface area contributed by atoms with Crippen molar-refractivity contribution >= 4 is 63.1 Å². The molecule has 1 saturated heterocycles. The Hall–Kier alpha value is -2.66. The largest absolute Gasteiger partial charge is 0.473 e. The first-order valence-electron chi connectivity index (χ1n) is 10.0. The molecular formula is C21H21Cl2N5O4S. The average molecular weight is 510 g/mol.